The second kappa shape index (κ2) is 7.12. The summed E-state index contributed by atoms with van der Waals surface area (Å²) in [4.78, 5) is 4.29. The minimum Gasteiger partial charge on any atom is -0.380 e. The molecule has 0 unspecified atom stereocenters. The van der Waals surface area contributed by atoms with E-state index in [4.69, 9.17) is 4.74 Å². The zero-order valence-electron chi connectivity index (χ0n) is 9.08. The van der Waals surface area contributed by atoms with Crippen molar-refractivity contribution >= 4 is 16.9 Å². The van der Waals surface area contributed by atoms with E-state index in [1.54, 1.807) is 11.8 Å². The third-order valence-electron chi connectivity index (χ3n) is 1.95. The Kier molecular flexibility index (Phi) is 6.03. The van der Waals surface area contributed by atoms with Gasteiger partial charge in [-0.1, -0.05) is 25.6 Å². The average molecular weight is 216 g/mol. The van der Waals surface area contributed by atoms with Crippen LogP contribution in [0.3, 0.4) is 0 Å². The van der Waals surface area contributed by atoms with Gasteiger partial charge in [0, 0.05) is 18.9 Å². The minimum atomic E-state index is 0.734. The van der Waals surface area contributed by atoms with Crippen molar-refractivity contribution in [2.45, 2.75) is 20.3 Å². The number of hydrogen-bond acceptors (Lipinski definition) is 4. The van der Waals surface area contributed by atoms with Crippen LogP contribution in [0.4, 0.5) is 0 Å². The van der Waals surface area contributed by atoms with Crippen molar-refractivity contribution in [2.24, 2.45) is 10.9 Å². The highest BCUT2D eigenvalue weighted by atomic mass is 32.2. The molecule has 1 N–H and O–H groups in total. The molecule has 82 valence electrons. The topological polar surface area (TPSA) is 33.6 Å². The highest BCUT2D eigenvalue weighted by Gasteiger charge is 2.04. The van der Waals surface area contributed by atoms with Crippen molar-refractivity contribution in [3.63, 3.8) is 0 Å². The summed E-state index contributed by atoms with van der Waals surface area (Å²) in [7, 11) is 0. The number of nitrogens with one attached hydrogen (secondary N) is 1. The fourth-order valence-corrected chi connectivity index (χ4v) is 1.86. The predicted molar refractivity (Wildman–Crippen MR) is 63.0 cm³/mol. The van der Waals surface area contributed by atoms with Gasteiger partial charge in [0.2, 0.25) is 0 Å². The first-order valence-electron chi connectivity index (χ1n) is 5.28. The fourth-order valence-electron chi connectivity index (χ4n) is 1.09. The molecule has 0 saturated carbocycles. The summed E-state index contributed by atoms with van der Waals surface area (Å²) in [6.45, 7) is 7.92. The molecule has 1 aliphatic heterocycles. The number of hydrogen-bond donors (Lipinski definition) is 1. The number of ether oxygens (including phenoxy) is 1. The zero-order valence-corrected chi connectivity index (χ0v) is 9.90. The first-order chi connectivity index (χ1) is 6.79. The van der Waals surface area contributed by atoms with Gasteiger partial charge in [-0.05, 0) is 12.3 Å². The van der Waals surface area contributed by atoms with Crippen LogP contribution in [-0.2, 0) is 4.74 Å². The van der Waals surface area contributed by atoms with E-state index in [1.165, 1.54) is 0 Å². The number of amidine groups is 1. The van der Waals surface area contributed by atoms with E-state index in [2.05, 4.69) is 24.2 Å². The molecule has 0 spiro atoms. The summed E-state index contributed by atoms with van der Waals surface area (Å²) in [5, 5.41) is 4.34. The van der Waals surface area contributed by atoms with Crippen LogP contribution in [-0.4, -0.2) is 37.2 Å². The third-order valence-corrected chi connectivity index (χ3v) is 2.88. The van der Waals surface area contributed by atoms with E-state index >= 15 is 0 Å². The van der Waals surface area contributed by atoms with Gasteiger partial charge < -0.3 is 10.1 Å². The van der Waals surface area contributed by atoms with Crippen LogP contribution in [0.1, 0.15) is 20.3 Å². The Labute approximate surface area is 90.7 Å². The Balaban J connectivity index is 1.84. The first-order valence-corrected chi connectivity index (χ1v) is 6.26. The summed E-state index contributed by atoms with van der Waals surface area (Å²) in [5.41, 5.74) is 0. The van der Waals surface area contributed by atoms with E-state index in [0.717, 1.165) is 49.6 Å². The molecule has 0 fully saturated rings. The molecule has 0 radical (unpaired) electrons. The van der Waals surface area contributed by atoms with Gasteiger partial charge in [0.15, 0.2) is 5.17 Å². The Morgan fingerprint density at radius 1 is 1.50 bits per heavy atom. The van der Waals surface area contributed by atoms with Crippen LogP contribution in [0, 0.1) is 5.92 Å². The molecule has 1 aliphatic rings. The van der Waals surface area contributed by atoms with Gasteiger partial charge in [-0.25, -0.2) is 0 Å². The summed E-state index contributed by atoms with van der Waals surface area (Å²) < 4.78 is 5.48. The number of thioether (sulfide) groups is 1. The van der Waals surface area contributed by atoms with Crippen molar-refractivity contribution < 1.29 is 4.74 Å². The summed E-state index contributed by atoms with van der Waals surface area (Å²) >= 11 is 1.79. The molecule has 4 heteroatoms. The fraction of sp³-hybridized carbons (Fsp3) is 0.900. The monoisotopic (exact) mass is 216 g/mol. The molecular formula is C10H20N2OS. The molecule has 1 rings (SSSR count). The Morgan fingerprint density at radius 3 is 3.00 bits per heavy atom. The quantitative estimate of drug-likeness (QED) is 0.687. The molecule has 14 heavy (non-hydrogen) atoms. The predicted octanol–water partition coefficient (Wildman–Crippen LogP) is 1.74. The molecule has 1 heterocycles. The summed E-state index contributed by atoms with van der Waals surface area (Å²) in [6.07, 6.45) is 1.15. The molecule has 0 aliphatic carbocycles. The number of rotatable bonds is 6. The lowest BCUT2D eigenvalue weighted by molar-refractivity contribution is 0.128. The maximum Gasteiger partial charge on any atom is 0.156 e. The van der Waals surface area contributed by atoms with Gasteiger partial charge >= 0.3 is 0 Å². The van der Waals surface area contributed by atoms with Crippen LogP contribution in [0.2, 0.25) is 0 Å². The average Bonchev–Trinajstić information content (AvgIpc) is 2.63. The standard InChI is InChI=1S/C10H20N2OS/c1-9(2)3-6-13-7-4-11-10-12-5-8-14-10/h9H,3-8H2,1-2H3,(H,11,12). The van der Waals surface area contributed by atoms with Gasteiger partial charge in [-0.3, -0.25) is 4.99 Å². The SMILES string of the molecule is CC(C)CCOCCNC1=NCCS1. The lowest BCUT2D eigenvalue weighted by atomic mass is 10.1. The summed E-state index contributed by atoms with van der Waals surface area (Å²) in [5.74, 6) is 1.86. The van der Waals surface area contributed by atoms with Crippen LogP contribution >= 0.6 is 11.8 Å². The Bertz CT molecular complexity index is 183. The first kappa shape index (κ1) is 11.9. The molecule has 0 amide bonds. The van der Waals surface area contributed by atoms with Crippen molar-refractivity contribution in [2.75, 3.05) is 32.1 Å². The van der Waals surface area contributed by atoms with Gasteiger partial charge in [0.25, 0.3) is 0 Å². The lowest BCUT2D eigenvalue weighted by Gasteiger charge is -2.07. The van der Waals surface area contributed by atoms with Crippen LogP contribution in [0.5, 0.6) is 0 Å². The van der Waals surface area contributed by atoms with Crippen LogP contribution in [0.25, 0.3) is 0 Å². The molecule has 0 atom stereocenters. The largest absolute Gasteiger partial charge is 0.380 e. The van der Waals surface area contributed by atoms with Gasteiger partial charge in [0.1, 0.15) is 0 Å². The molecule has 0 aromatic rings. The van der Waals surface area contributed by atoms with E-state index in [9.17, 15) is 0 Å². The van der Waals surface area contributed by atoms with E-state index in [0.29, 0.717) is 0 Å². The second-order valence-electron chi connectivity index (χ2n) is 3.76. The van der Waals surface area contributed by atoms with Crippen molar-refractivity contribution in [1.29, 1.82) is 0 Å². The number of nitrogens with zero attached hydrogens (tertiary/aromatic N) is 1. The molecular weight excluding hydrogens is 196 g/mol. The molecule has 3 nitrogen and oxygen atoms in total. The van der Waals surface area contributed by atoms with E-state index in [-0.39, 0.29) is 0 Å². The Morgan fingerprint density at radius 2 is 2.36 bits per heavy atom. The second-order valence-corrected chi connectivity index (χ2v) is 4.84. The molecule has 0 aromatic heterocycles. The molecule has 0 aromatic carbocycles. The van der Waals surface area contributed by atoms with E-state index < -0.39 is 0 Å². The highest BCUT2D eigenvalue weighted by Crippen LogP contribution is 2.08. The summed E-state index contributed by atoms with van der Waals surface area (Å²) in [6, 6.07) is 0. The van der Waals surface area contributed by atoms with Crippen molar-refractivity contribution in [3.05, 3.63) is 0 Å². The highest BCUT2D eigenvalue weighted by molar-refractivity contribution is 8.14. The molecule has 0 bridgehead atoms. The molecule has 0 saturated heterocycles. The smallest absolute Gasteiger partial charge is 0.156 e. The maximum atomic E-state index is 5.48. The van der Waals surface area contributed by atoms with E-state index in [1.807, 2.05) is 0 Å². The number of aliphatic imine (C=N–C) groups is 1. The van der Waals surface area contributed by atoms with Gasteiger partial charge in [-0.2, -0.15) is 0 Å². The van der Waals surface area contributed by atoms with Gasteiger partial charge in [-0.15, -0.1) is 0 Å². The lowest BCUT2D eigenvalue weighted by Crippen LogP contribution is -2.24. The van der Waals surface area contributed by atoms with Crippen LogP contribution in [0.15, 0.2) is 4.99 Å². The minimum absolute atomic E-state index is 0.734. The Hall–Kier alpha value is -0.220. The van der Waals surface area contributed by atoms with Crippen LogP contribution < -0.4 is 5.32 Å². The van der Waals surface area contributed by atoms with Crippen molar-refractivity contribution in [3.8, 4) is 0 Å². The van der Waals surface area contributed by atoms with Crippen molar-refractivity contribution in [1.82, 2.24) is 5.32 Å². The zero-order chi connectivity index (χ0) is 10.2. The third kappa shape index (κ3) is 5.50. The maximum absolute atomic E-state index is 5.48. The van der Waals surface area contributed by atoms with Gasteiger partial charge in [0.05, 0.1) is 13.2 Å². The normalized spacial score (nSPS) is 16.1.